The number of Topliss-reactive ketones (excluding diaryl/α,β-unsaturated/α-hetero) is 1. The summed E-state index contributed by atoms with van der Waals surface area (Å²) in [5.74, 6) is -0.0631. The maximum Gasteiger partial charge on any atom is 0.416 e. The lowest BCUT2D eigenvalue weighted by atomic mass is 9.99. The molecule has 0 atom stereocenters. The molecule has 0 aromatic heterocycles. The van der Waals surface area contributed by atoms with Crippen LogP contribution < -0.4 is 4.90 Å². The van der Waals surface area contributed by atoms with Crippen LogP contribution in [0.15, 0.2) is 35.9 Å². The highest BCUT2D eigenvalue weighted by Gasteiger charge is 2.31. The lowest BCUT2D eigenvalue weighted by molar-refractivity contribution is -0.137. The van der Waals surface area contributed by atoms with Gasteiger partial charge in [0.05, 0.1) is 5.56 Å². The first-order chi connectivity index (χ1) is 11.7. The molecule has 136 valence electrons. The van der Waals surface area contributed by atoms with Crippen LogP contribution in [0.2, 0.25) is 0 Å². The van der Waals surface area contributed by atoms with Crippen LogP contribution in [0.1, 0.15) is 45.1 Å². The van der Waals surface area contributed by atoms with E-state index in [0.717, 1.165) is 18.6 Å². The van der Waals surface area contributed by atoms with Gasteiger partial charge in [-0.25, -0.2) is 0 Å². The number of benzene rings is 1. The Morgan fingerprint density at radius 2 is 1.88 bits per heavy atom. The number of carbonyl (C=O) groups excluding carboxylic acids is 2. The molecule has 1 heterocycles. The molecule has 1 aromatic rings. The van der Waals surface area contributed by atoms with Crippen LogP contribution in [0, 0.1) is 5.92 Å². The molecular formula is C19H22F3NO2. The Labute approximate surface area is 145 Å². The summed E-state index contributed by atoms with van der Waals surface area (Å²) in [6, 6.07) is 4.63. The summed E-state index contributed by atoms with van der Waals surface area (Å²) in [6.07, 6.45) is -0.312. The van der Waals surface area contributed by atoms with Gasteiger partial charge in [-0.2, -0.15) is 13.2 Å². The van der Waals surface area contributed by atoms with Gasteiger partial charge in [0.2, 0.25) is 0 Å². The van der Waals surface area contributed by atoms with Crippen LogP contribution in [0.25, 0.3) is 0 Å². The number of allylic oxidation sites excluding steroid dienone is 1. The van der Waals surface area contributed by atoms with Crippen molar-refractivity contribution in [1.29, 1.82) is 0 Å². The van der Waals surface area contributed by atoms with Gasteiger partial charge in [0, 0.05) is 30.1 Å². The molecule has 0 saturated carbocycles. The van der Waals surface area contributed by atoms with E-state index >= 15 is 0 Å². The van der Waals surface area contributed by atoms with Crippen LogP contribution >= 0.6 is 0 Å². The molecule has 0 aliphatic carbocycles. The summed E-state index contributed by atoms with van der Waals surface area (Å²) in [4.78, 5) is 25.7. The number of alkyl halides is 3. The van der Waals surface area contributed by atoms with Crippen molar-refractivity contribution in [3.63, 3.8) is 0 Å². The van der Waals surface area contributed by atoms with Gasteiger partial charge in [0.25, 0.3) is 5.91 Å². The SMILES string of the molecule is CC(C)C(=O)CC/C=C1\CCCN(c2ccc(C(F)(F)F)cc2)C1=O. The second-order valence-electron chi connectivity index (χ2n) is 6.49. The molecule has 1 aliphatic rings. The molecular weight excluding hydrogens is 331 g/mol. The smallest absolute Gasteiger partial charge is 0.309 e. The largest absolute Gasteiger partial charge is 0.416 e. The van der Waals surface area contributed by atoms with Crippen molar-refractivity contribution in [1.82, 2.24) is 0 Å². The van der Waals surface area contributed by atoms with Gasteiger partial charge in [-0.3, -0.25) is 9.59 Å². The highest BCUT2D eigenvalue weighted by Crippen LogP contribution is 2.31. The number of halogens is 3. The van der Waals surface area contributed by atoms with Crippen molar-refractivity contribution in [2.45, 2.75) is 45.7 Å². The molecule has 0 bridgehead atoms. The van der Waals surface area contributed by atoms with Crippen molar-refractivity contribution in [2.75, 3.05) is 11.4 Å². The van der Waals surface area contributed by atoms with Gasteiger partial charge < -0.3 is 4.90 Å². The minimum Gasteiger partial charge on any atom is -0.309 e. The average Bonchev–Trinajstić information content (AvgIpc) is 2.55. The number of anilines is 1. The fourth-order valence-corrected chi connectivity index (χ4v) is 2.75. The van der Waals surface area contributed by atoms with E-state index in [2.05, 4.69) is 0 Å². The van der Waals surface area contributed by atoms with Crippen molar-refractivity contribution in [3.05, 3.63) is 41.5 Å². The third-order valence-electron chi connectivity index (χ3n) is 4.28. The van der Waals surface area contributed by atoms with Crippen molar-refractivity contribution < 1.29 is 22.8 Å². The summed E-state index contributed by atoms with van der Waals surface area (Å²) >= 11 is 0. The van der Waals surface area contributed by atoms with Crippen LogP contribution in [0.4, 0.5) is 18.9 Å². The number of nitrogens with zero attached hydrogens (tertiary/aromatic N) is 1. The summed E-state index contributed by atoms with van der Waals surface area (Å²) in [5.41, 5.74) is 0.355. The molecule has 1 saturated heterocycles. The quantitative estimate of drug-likeness (QED) is 0.716. The van der Waals surface area contributed by atoms with E-state index in [-0.39, 0.29) is 17.6 Å². The number of amides is 1. The van der Waals surface area contributed by atoms with E-state index in [1.54, 1.807) is 6.08 Å². The van der Waals surface area contributed by atoms with E-state index in [1.807, 2.05) is 13.8 Å². The molecule has 1 amide bonds. The zero-order valence-corrected chi connectivity index (χ0v) is 14.4. The predicted molar refractivity (Wildman–Crippen MR) is 90.2 cm³/mol. The topological polar surface area (TPSA) is 37.4 Å². The predicted octanol–water partition coefficient (Wildman–Crippen LogP) is 4.76. The molecule has 0 N–H and O–H groups in total. The highest BCUT2D eigenvalue weighted by atomic mass is 19.4. The second kappa shape index (κ2) is 7.85. The van der Waals surface area contributed by atoms with Crippen molar-refractivity contribution >= 4 is 17.4 Å². The fourth-order valence-electron chi connectivity index (χ4n) is 2.75. The number of ketones is 1. The number of rotatable bonds is 5. The number of hydrogen-bond donors (Lipinski definition) is 0. The molecule has 1 fully saturated rings. The van der Waals surface area contributed by atoms with Gasteiger partial charge in [-0.1, -0.05) is 19.9 Å². The van der Waals surface area contributed by atoms with Crippen molar-refractivity contribution in [2.24, 2.45) is 5.92 Å². The molecule has 3 nitrogen and oxygen atoms in total. The summed E-state index contributed by atoms with van der Waals surface area (Å²) in [5, 5.41) is 0. The summed E-state index contributed by atoms with van der Waals surface area (Å²) < 4.78 is 37.9. The molecule has 6 heteroatoms. The van der Waals surface area contributed by atoms with Crippen LogP contribution in [-0.2, 0) is 15.8 Å². The van der Waals surface area contributed by atoms with E-state index in [0.29, 0.717) is 37.1 Å². The zero-order valence-electron chi connectivity index (χ0n) is 14.4. The number of hydrogen-bond acceptors (Lipinski definition) is 2. The molecule has 25 heavy (non-hydrogen) atoms. The average molecular weight is 353 g/mol. The van der Waals surface area contributed by atoms with E-state index in [4.69, 9.17) is 0 Å². The molecule has 1 aliphatic heterocycles. The Kier molecular flexibility index (Phi) is 6.03. The van der Waals surface area contributed by atoms with Gasteiger partial charge in [-0.15, -0.1) is 0 Å². The first kappa shape index (κ1) is 19.2. The Hall–Kier alpha value is -2.11. The summed E-state index contributed by atoms with van der Waals surface area (Å²) in [6.45, 7) is 4.16. The van der Waals surface area contributed by atoms with Crippen molar-refractivity contribution in [3.8, 4) is 0 Å². The molecule has 0 unspecified atom stereocenters. The minimum atomic E-state index is -4.39. The van der Waals surface area contributed by atoms with Crippen LogP contribution in [-0.4, -0.2) is 18.2 Å². The second-order valence-corrected chi connectivity index (χ2v) is 6.49. The number of carbonyl (C=O) groups is 2. The fraction of sp³-hybridized carbons (Fsp3) is 0.474. The zero-order chi connectivity index (χ0) is 18.6. The third kappa shape index (κ3) is 4.94. The molecule has 1 aromatic carbocycles. The van der Waals surface area contributed by atoms with E-state index in [1.165, 1.54) is 17.0 Å². The maximum absolute atomic E-state index is 12.6. The lowest BCUT2D eigenvalue weighted by Gasteiger charge is -2.29. The Morgan fingerprint density at radius 3 is 2.44 bits per heavy atom. The molecule has 0 radical (unpaired) electrons. The Balaban J connectivity index is 2.07. The molecule has 2 rings (SSSR count). The van der Waals surface area contributed by atoms with Crippen LogP contribution in [0.5, 0.6) is 0 Å². The van der Waals surface area contributed by atoms with E-state index in [9.17, 15) is 22.8 Å². The van der Waals surface area contributed by atoms with Gasteiger partial charge in [0.15, 0.2) is 0 Å². The first-order valence-electron chi connectivity index (χ1n) is 8.41. The monoisotopic (exact) mass is 353 g/mol. The minimum absolute atomic E-state index is 0.0240. The standard InChI is InChI=1S/C19H22F3NO2/c1-13(2)17(24)7-3-5-14-6-4-12-23(18(14)25)16-10-8-15(9-11-16)19(20,21)22/h5,8-11,13H,3-4,6-7,12H2,1-2H3/b14-5+. The van der Waals surface area contributed by atoms with Crippen LogP contribution in [0.3, 0.4) is 0 Å². The maximum atomic E-state index is 12.6. The number of piperidine rings is 1. The first-order valence-corrected chi connectivity index (χ1v) is 8.41. The Bertz CT molecular complexity index is 660. The third-order valence-corrected chi connectivity index (χ3v) is 4.28. The van der Waals surface area contributed by atoms with Gasteiger partial charge >= 0.3 is 6.18 Å². The van der Waals surface area contributed by atoms with E-state index < -0.39 is 11.7 Å². The molecule has 0 spiro atoms. The summed E-state index contributed by atoms with van der Waals surface area (Å²) in [7, 11) is 0. The van der Waals surface area contributed by atoms with Gasteiger partial charge in [-0.05, 0) is 43.5 Å². The highest BCUT2D eigenvalue weighted by molar-refractivity contribution is 6.06. The van der Waals surface area contributed by atoms with Gasteiger partial charge in [0.1, 0.15) is 5.78 Å². The normalized spacial score (nSPS) is 17.4. The Morgan fingerprint density at radius 1 is 1.24 bits per heavy atom. The lowest BCUT2D eigenvalue weighted by Crippen LogP contribution is -2.37.